The van der Waals surface area contributed by atoms with Gasteiger partial charge in [-0.25, -0.2) is 4.79 Å². The van der Waals surface area contributed by atoms with Crippen LogP contribution in [0, 0.1) is 0 Å². The second-order valence-corrected chi connectivity index (χ2v) is 6.52. The third kappa shape index (κ3) is 3.49. The summed E-state index contributed by atoms with van der Waals surface area (Å²) in [5.74, 6) is -0.262. The van der Waals surface area contributed by atoms with E-state index in [1.807, 2.05) is 12.3 Å². The minimum atomic E-state index is -0.262. The molecular formula is C17H16ClN3O2S. The molecule has 5 nitrogen and oxygen atoms in total. The fourth-order valence-corrected chi connectivity index (χ4v) is 3.09. The monoisotopic (exact) mass is 361 g/mol. The number of urea groups is 1. The molecule has 7 heteroatoms. The van der Waals surface area contributed by atoms with Gasteiger partial charge in [0, 0.05) is 29.4 Å². The number of hydrogen-bond donors (Lipinski definition) is 2. The third-order valence-corrected chi connectivity index (χ3v) is 4.77. The van der Waals surface area contributed by atoms with E-state index < -0.39 is 0 Å². The summed E-state index contributed by atoms with van der Waals surface area (Å²) in [6, 6.07) is 12.4. The fraction of sp³-hybridized carbons (Fsp3) is 0.176. The highest BCUT2D eigenvalue weighted by atomic mass is 35.5. The fourth-order valence-electron chi connectivity index (χ4n) is 2.45. The first-order valence-electron chi connectivity index (χ1n) is 7.39. The van der Waals surface area contributed by atoms with Crippen LogP contribution >= 0.6 is 23.4 Å². The van der Waals surface area contributed by atoms with Crippen LogP contribution < -0.4 is 15.5 Å². The van der Waals surface area contributed by atoms with Gasteiger partial charge in [0.05, 0.1) is 10.6 Å². The van der Waals surface area contributed by atoms with E-state index in [1.165, 1.54) is 0 Å². The zero-order valence-corrected chi connectivity index (χ0v) is 14.6. The molecule has 0 bridgehead atoms. The molecule has 3 rings (SSSR count). The molecule has 2 aromatic rings. The van der Waals surface area contributed by atoms with Gasteiger partial charge in [-0.05, 0) is 48.7 Å². The molecule has 1 aliphatic rings. The van der Waals surface area contributed by atoms with Gasteiger partial charge >= 0.3 is 6.03 Å². The molecule has 1 aliphatic heterocycles. The van der Waals surface area contributed by atoms with Crippen LogP contribution in [0.2, 0.25) is 5.02 Å². The van der Waals surface area contributed by atoms with Crippen molar-refractivity contribution in [2.24, 2.45) is 0 Å². The van der Waals surface area contributed by atoms with Crippen molar-refractivity contribution in [3.8, 4) is 0 Å². The maximum Gasteiger partial charge on any atom is 0.321 e. The molecule has 0 unspecified atom stereocenters. The van der Waals surface area contributed by atoms with Crippen LogP contribution in [0.5, 0.6) is 0 Å². The first-order valence-corrected chi connectivity index (χ1v) is 8.99. The van der Waals surface area contributed by atoms with Crippen molar-refractivity contribution in [2.75, 3.05) is 29.6 Å². The average Bonchev–Trinajstić information content (AvgIpc) is 3.02. The second kappa shape index (κ2) is 7.15. The van der Waals surface area contributed by atoms with E-state index in [4.69, 9.17) is 11.6 Å². The molecule has 0 saturated carbocycles. The molecule has 0 aliphatic carbocycles. The van der Waals surface area contributed by atoms with Crippen LogP contribution in [0.1, 0.15) is 10.4 Å². The van der Waals surface area contributed by atoms with E-state index in [1.54, 1.807) is 53.1 Å². The van der Waals surface area contributed by atoms with Crippen LogP contribution in [0.4, 0.5) is 16.2 Å². The van der Waals surface area contributed by atoms with Gasteiger partial charge in [-0.1, -0.05) is 11.6 Å². The van der Waals surface area contributed by atoms with Crippen LogP contribution in [0.15, 0.2) is 47.4 Å². The number of rotatable bonds is 4. The topological polar surface area (TPSA) is 61.4 Å². The zero-order valence-electron chi connectivity index (χ0n) is 13.0. The number of anilines is 2. The van der Waals surface area contributed by atoms with E-state index in [9.17, 15) is 9.59 Å². The molecule has 0 aromatic heterocycles. The SMILES string of the molecule is CSc1ccc(Cl)c(C(=O)Nc2ccc(N3CCNC3=O)cc2)c1. The number of amides is 3. The first-order chi connectivity index (χ1) is 11.6. The summed E-state index contributed by atoms with van der Waals surface area (Å²) in [4.78, 5) is 26.7. The molecule has 0 spiro atoms. The predicted octanol–water partition coefficient (Wildman–Crippen LogP) is 3.84. The van der Waals surface area contributed by atoms with Crippen molar-refractivity contribution in [1.82, 2.24) is 5.32 Å². The number of carbonyl (C=O) groups is 2. The Labute approximate surface area is 149 Å². The van der Waals surface area contributed by atoms with E-state index in [0.717, 1.165) is 10.6 Å². The Hall–Kier alpha value is -2.18. The van der Waals surface area contributed by atoms with E-state index >= 15 is 0 Å². The number of thioether (sulfide) groups is 1. The Balaban J connectivity index is 1.74. The number of nitrogens with one attached hydrogen (secondary N) is 2. The number of hydrogen-bond acceptors (Lipinski definition) is 3. The van der Waals surface area contributed by atoms with Gasteiger partial charge in [-0.15, -0.1) is 11.8 Å². The molecule has 124 valence electrons. The standard InChI is InChI=1S/C17H16ClN3O2S/c1-24-13-6-7-15(18)14(10-13)16(22)20-11-2-4-12(5-3-11)21-9-8-19-17(21)23/h2-7,10H,8-9H2,1H3,(H,19,23)(H,20,22). The highest BCUT2D eigenvalue weighted by molar-refractivity contribution is 7.98. The lowest BCUT2D eigenvalue weighted by atomic mass is 10.2. The van der Waals surface area contributed by atoms with Crippen molar-refractivity contribution in [3.63, 3.8) is 0 Å². The largest absolute Gasteiger partial charge is 0.336 e. The number of nitrogens with zero attached hydrogens (tertiary/aromatic N) is 1. The molecular weight excluding hydrogens is 346 g/mol. The summed E-state index contributed by atoms with van der Waals surface area (Å²) in [6.07, 6.45) is 1.94. The summed E-state index contributed by atoms with van der Waals surface area (Å²) in [5, 5.41) is 5.99. The Morgan fingerprint density at radius 3 is 2.62 bits per heavy atom. The molecule has 2 N–H and O–H groups in total. The van der Waals surface area contributed by atoms with Crippen molar-refractivity contribution in [2.45, 2.75) is 4.90 Å². The summed E-state index contributed by atoms with van der Waals surface area (Å²) >= 11 is 7.67. The van der Waals surface area contributed by atoms with Crippen LogP contribution in [0.3, 0.4) is 0 Å². The normalized spacial score (nSPS) is 13.8. The lowest BCUT2D eigenvalue weighted by molar-refractivity contribution is 0.102. The van der Waals surface area contributed by atoms with E-state index in [-0.39, 0.29) is 11.9 Å². The Bertz CT molecular complexity index is 780. The quantitative estimate of drug-likeness (QED) is 0.813. The number of benzene rings is 2. The van der Waals surface area contributed by atoms with Crippen molar-refractivity contribution < 1.29 is 9.59 Å². The Morgan fingerprint density at radius 2 is 2.00 bits per heavy atom. The summed E-state index contributed by atoms with van der Waals surface area (Å²) in [5.41, 5.74) is 1.88. The lowest BCUT2D eigenvalue weighted by Gasteiger charge is -2.15. The van der Waals surface area contributed by atoms with E-state index in [0.29, 0.717) is 29.4 Å². The number of carbonyl (C=O) groups excluding carboxylic acids is 2. The minimum absolute atomic E-state index is 0.104. The van der Waals surface area contributed by atoms with Gasteiger partial charge in [0.1, 0.15) is 0 Å². The number of halogens is 1. The van der Waals surface area contributed by atoms with Crippen molar-refractivity contribution >= 4 is 46.7 Å². The van der Waals surface area contributed by atoms with Crippen molar-refractivity contribution in [1.29, 1.82) is 0 Å². The second-order valence-electron chi connectivity index (χ2n) is 5.23. The molecule has 1 fully saturated rings. The maximum atomic E-state index is 12.4. The third-order valence-electron chi connectivity index (χ3n) is 3.71. The smallest absolute Gasteiger partial charge is 0.321 e. The van der Waals surface area contributed by atoms with E-state index in [2.05, 4.69) is 10.6 Å². The summed E-state index contributed by atoms with van der Waals surface area (Å²) in [6.45, 7) is 1.28. The van der Waals surface area contributed by atoms with Gasteiger partial charge in [-0.3, -0.25) is 9.69 Å². The minimum Gasteiger partial charge on any atom is -0.336 e. The maximum absolute atomic E-state index is 12.4. The van der Waals surface area contributed by atoms with Crippen LogP contribution in [0.25, 0.3) is 0 Å². The molecule has 0 radical (unpaired) electrons. The highest BCUT2D eigenvalue weighted by Crippen LogP contribution is 2.25. The van der Waals surface area contributed by atoms with Gasteiger partial charge in [0.25, 0.3) is 5.91 Å². The summed E-state index contributed by atoms with van der Waals surface area (Å²) in [7, 11) is 0. The zero-order chi connectivity index (χ0) is 17.1. The van der Waals surface area contributed by atoms with Crippen LogP contribution in [-0.4, -0.2) is 31.3 Å². The van der Waals surface area contributed by atoms with Crippen LogP contribution in [-0.2, 0) is 0 Å². The van der Waals surface area contributed by atoms with Gasteiger partial charge in [0.15, 0.2) is 0 Å². The Kier molecular flexibility index (Phi) is 4.97. The molecule has 24 heavy (non-hydrogen) atoms. The predicted molar refractivity (Wildman–Crippen MR) is 98.4 cm³/mol. The molecule has 3 amide bonds. The van der Waals surface area contributed by atoms with Gasteiger partial charge in [0.2, 0.25) is 0 Å². The lowest BCUT2D eigenvalue weighted by Crippen LogP contribution is -2.27. The molecule has 1 heterocycles. The molecule has 2 aromatic carbocycles. The molecule has 1 saturated heterocycles. The highest BCUT2D eigenvalue weighted by Gasteiger charge is 2.21. The van der Waals surface area contributed by atoms with Gasteiger partial charge < -0.3 is 10.6 Å². The molecule has 0 atom stereocenters. The van der Waals surface area contributed by atoms with Crippen molar-refractivity contribution in [3.05, 3.63) is 53.1 Å². The summed E-state index contributed by atoms with van der Waals surface area (Å²) < 4.78 is 0. The first kappa shape index (κ1) is 16.7. The van der Waals surface area contributed by atoms with Gasteiger partial charge in [-0.2, -0.15) is 0 Å². The average molecular weight is 362 g/mol. The Morgan fingerprint density at radius 1 is 1.25 bits per heavy atom.